The zero-order valence-corrected chi connectivity index (χ0v) is 13.9. The first kappa shape index (κ1) is 16.3. The van der Waals surface area contributed by atoms with Crippen molar-refractivity contribution in [3.63, 3.8) is 0 Å². The predicted octanol–water partition coefficient (Wildman–Crippen LogP) is 3.36. The maximum absolute atomic E-state index is 12.7. The normalized spacial score (nSPS) is 11.2. The van der Waals surface area contributed by atoms with Crippen molar-refractivity contribution in [3.05, 3.63) is 60.3 Å². The van der Waals surface area contributed by atoms with E-state index in [0.29, 0.717) is 17.0 Å². The van der Waals surface area contributed by atoms with Crippen molar-refractivity contribution in [2.75, 3.05) is 12.5 Å². The van der Waals surface area contributed by atoms with Gasteiger partial charge in [0.05, 0.1) is 18.4 Å². The van der Waals surface area contributed by atoms with E-state index in [1.807, 2.05) is 41.9 Å². The molecule has 3 rings (SSSR count). The van der Waals surface area contributed by atoms with Gasteiger partial charge in [0.1, 0.15) is 11.8 Å². The molecule has 0 aliphatic rings. The van der Waals surface area contributed by atoms with E-state index in [1.165, 1.54) is 0 Å². The molecule has 0 aliphatic carbocycles. The average molecular weight is 332 g/mol. The van der Waals surface area contributed by atoms with Crippen LogP contribution in [0.4, 0.5) is 5.69 Å². The van der Waals surface area contributed by atoms with Crippen molar-refractivity contribution >= 4 is 28.1 Å². The van der Waals surface area contributed by atoms with E-state index in [9.17, 15) is 10.1 Å². The number of carbonyl (C=O) groups is 1. The molecule has 0 saturated heterocycles. The second-order valence-electron chi connectivity index (χ2n) is 5.42. The summed E-state index contributed by atoms with van der Waals surface area (Å²) in [5.41, 5.74) is 4.52. The lowest BCUT2D eigenvalue weighted by atomic mass is 10.1. The number of nitrogens with one attached hydrogen (secondary N) is 1. The molecule has 3 aromatic rings. The van der Waals surface area contributed by atoms with Crippen molar-refractivity contribution < 1.29 is 9.53 Å². The van der Waals surface area contributed by atoms with Crippen LogP contribution in [0.3, 0.4) is 0 Å². The highest BCUT2D eigenvalue weighted by molar-refractivity contribution is 6.52. The molecule has 0 amide bonds. The molecule has 0 atom stereocenters. The van der Waals surface area contributed by atoms with E-state index in [4.69, 9.17) is 4.74 Å². The molecule has 0 fully saturated rings. The topological polar surface area (TPSA) is 79.4 Å². The summed E-state index contributed by atoms with van der Waals surface area (Å²) in [5.74, 6) is 0.230. The third kappa shape index (κ3) is 3.21. The summed E-state index contributed by atoms with van der Waals surface area (Å²) in [6.45, 7) is 0. The lowest BCUT2D eigenvalue weighted by Gasteiger charge is -2.04. The number of anilines is 1. The number of carbonyl (C=O) groups excluding carboxylic acids is 1. The summed E-state index contributed by atoms with van der Waals surface area (Å²) >= 11 is 0. The fraction of sp³-hybridized carbons (Fsp3) is 0.105. The number of fused-ring (bicyclic) bond motifs is 1. The van der Waals surface area contributed by atoms with Gasteiger partial charge in [-0.2, -0.15) is 10.4 Å². The fourth-order valence-corrected chi connectivity index (χ4v) is 2.59. The zero-order chi connectivity index (χ0) is 17.8. The van der Waals surface area contributed by atoms with Crippen molar-refractivity contribution in [2.45, 2.75) is 0 Å². The Hall–Kier alpha value is -3.59. The van der Waals surface area contributed by atoms with Gasteiger partial charge in [-0.15, -0.1) is 0 Å². The first-order valence-electron chi connectivity index (χ1n) is 7.60. The summed E-state index contributed by atoms with van der Waals surface area (Å²) in [6, 6.07) is 16.5. The Labute approximate surface area is 144 Å². The van der Waals surface area contributed by atoms with E-state index in [1.54, 1.807) is 37.6 Å². The number of methoxy groups -OCH3 is 1. The minimum atomic E-state index is -0.422. The standard InChI is InChI=1S/C19H16N4O2/c1-23-12-16(15-8-3-4-9-18(15)23)19(24)17(11-20)22-21-13-6-5-7-14(10-13)25-2/h3-10,12,21H,1-2H3/b22-17+. The van der Waals surface area contributed by atoms with Gasteiger partial charge in [-0.1, -0.05) is 24.3 Å². The van der Waals surface area contributed by atoms with Crippen LogP contribution < -0.4 is 10.2 Å². The van der Waals surface area contributed by atoms with Crippen LogP contribution in [0.5, 0.6) is 5.75 Å². The number of hydrazone groups is 1. The molecular weight excluding hydrogens is 316 g/mol. The highest BCUT2D eigenvalue weighted by atomic mass is 16.5. The third-order valence-electron chi connectivity index (χ3n) is 3.83. The molecule has 0 aliphatic heterocycles. The average Bonchev–Trinajstić information content (AvgIpc) is 2.99. The van der Waals surface area contributed by atoms with Crippen LogP contribution >= 0.6 is 0 Å². The molecule has 0 unspecified atom stereocenters. The number of nitriles is 1. The molecule has 124 valence electrons. The van der Waals surface area contributed by atoms with Crippen molar-refractivity contribution in [3.8, 4) is 11.8 Å². The Balaban J connectivity index is 1.92. The maximum atomic E-state index is 12.7. The highest BCUT2D eigenvalue weighted by Crippen LogP contribution is 2.21. The van der Waals surface area contributed by atoms with Gasteiger partial charge < -0.3 is 9.30 Å². The molecule has 6 heteroatoms. The SMILES string of the molecule is COc1cccc(N/N=C(\C#N)C(=O)c2cn(C)c3ccccc23)c1. The van der Waals surface area contributed by atoms with Crippen LogP contribution in [0.15, 0.2) is 59.8 Å². The molecule has 1 N–H and O–H groups in total. The molecule has 0 saturated carbocycles. The Morgan fingerprint density at radius 2 is 2.04 bits per heavy atom. The van der Waals surface area contributed by atoms with Crippen molar-refractivity contribution in [2.24, 2.45) is 12.1 Å². The minimum Gasteiger partial charge on any atom is -0.497 e. The number of rotatable bonds is 5. The Morgan fingerprint density at radius 1 is 1.24 bits per heavy atom. The summed E-state index contributed by atoms with van der Waals surface area (Å²) in [4.78, 5) is 12.7. The second-order valence-corrected chi connectivity index (χ2v) is 5.42. The minimum absolute atomic E-state index is 0.209. The molecule has 1 aromatic heterocycles. The van der Waals surface area contributed by atoms with Gasteiger partial charge in [-0.05, 0) is 18.2 Å². The predicted molar refractivity (Wildman–Crippen MR) is 96.9 cm³/mol. The van der Waals surface area contributed by atoms with Gasteiger partial charge in [0.2, 0.25) is 11.5 Å². The summed E-state index contributed by atoms with van der Waals surface area (Å²) in [7, 11) is 3.42. The number of ketones is 1. The number of hydrogen-bond acceptors (Lipinski definition) is 5. The summed E-state index contributed by atoms with van der Waals surface area (Å²) < 4.78 is 6.99. The van der Waals surface area contributed by atoms with Gasteiger partial charge in [-0.3, -0.25) is 10.2 Å². The maximum Gasteiger partial charge on any atom is 0.226 e. The first-order chi connectivity index (χ1) is 12.1. The Bertz CT molecular complexity index is 1010. The molecular formula is C19H16N4O2. The van der Waals surface area contributed by atoms with Gasteiger partial charge in [0.15, 0.2) is 0 Å². The number of hydrogen-bond donors (Lipinski definition) is 1. The summed E-state index contributed by atoms with van der Waals surface area (Å²) in [5, 5.41) is 14.1. The van der Waals surface area contributed by atoms with E-state index in [2.05, 4.69) is 10.5 Å². The number of ether oxygens (including phenoxy) is 1. The van der Waals surface area contributed by atoms with Crippen LogP contribution in [0.2, 0.25) is 0 Å². The van der Waals surface area contributed by atoms with Crippen LogP contribution in [-0.4, -0.2) is 23.2 Å². The number of nitrogens with zero attached hydrogens (tertiary/aromatic N) is 3. The van der Waals surface area contributed by atoms with Crippen molar-refractivity contribution in [1.82, 2.24) is 4.57 Å². The lowest BCUT2D eigenvalue weighted by Crippen LogP contribution is -2.14. The quantitative estimate of drug-likeness (QED) is 0.441. The molecule has 1 heterocycles. The Kier molecular flexibility index (Phi) is 4.48. The molecule has 0 radical (unpaired) electrons. The summed E-state index contributed by atoms with van der Waals surface area (Å²) in [6.07, 6.45) is 1.71. The number of benzene rings is 2. The third-order valence-corrected chi connectivity index (χ3v) is 3.83. The van der Waals surface area contributed by atoms with Crippen molar-refractivity contribution in [1.29, 1.82) is 5.26 Å². The number of para-hydroxylation sites is 1. The van der Waals surface area contributed by atoms with E-state index in [0.717, 1.165) is 10.9 Å². The van der Waals surface area contributed by atoms with E-state index < -0.39 is 5.78 Å². The highest BCUT2D eigenvalue weighted by Gasteiger charge is 2.19. The van der Waals surface area contributed by atoms with Crippen LogP contribution in [0, 0.1) is 11.3 Å². The number of Topliss-reactive ketones (excluding diaryl/α,β-unsaturated/α-hetero) is 1. The smallest absolute Gasteiger partial charge is 0.226 e. The van der Waals surface area contributed by atoms with Gasteiger partial charge in [0, 0.05) is 30.2 Å². The molecule has 0 spiro atoms. The van der Waals surface area contributed by atoms with Crippen LogP contribution in [0.1, 0.15) is 10.4 Å². The first-order valence-corrected chi connectivity index (χ1v) is 7.60. The van der Waals surface area contributed by atoms with Gasteiger partial charge >= 0.3 is 0 Å². The molecule has 25 heavy (non-hydrogen) atoms. The van der Waals surface area contributed by atoms with Gasteiger partial charge in [-0.25, -0.2) is 0 Å². The fourth-order valence-electron chi connectivity index (χ4n) is 2.59. The second kappa shape index (κ2) is 6.89. The molecule has 0 bridgehead atoms. The van der Waals surface area contributed by atoms with Crippen LogP contribution in [0.25, 0.3) is 10.9 Å². The van der Waals surface area contributed by atoms with E-state index in [-0.39, 0.29) is 5.71 Å². The molecule has 6 nitrogen and oxygen atoms in total. The van der Waals surface area contributed by atoms with Crippen LogP contribution in [-0.2, 0) is 7.05 Å². The number of aryl methyl sites for hydroxylation is 1. The van der Waals surface area contributed by atoms with E-state index >= 15 is 0 Å². The zero-order valence-electron chi connectivity index (χ0n) is 13.9. The lowest BCUT2D eigenvalue weighted by molar-refractivity contribution is 0.106. The number of aromatic nitrogens is 1. The Morgan fingerprint density at radius 3 is 2.80 bits per heavy atom. The van der Waals surface area contributed by atoms with Gasteiger partial charge in [0.25, 0.3) is 0 Å². The molecule has 2 aromatic carbocycles. The monoisotopic (exact) mass is 332 g/mol. The largest absolute Gasteiger partial charge is 0.497 e.